The molecule has 0 fully saturated rings. The van der Waals surface area contributed by atoms with Crippen molar-refractivity contribution >= 4 is 41.2 Å². The highest BCUT2D eigenvalue weighted by Crippen LogP contribution is 2.30. The number of halogens is 2. The van der Waals surface area contributed by atoms with Gasteiger partial charge in [0.1, 0.15) is 0 Å². The number of benzene rings is 2. The molecule has 202 valence electrons. The second kappa shape index (κ2) is 13.6. The highest BCUT2D eigenvalue weighted by Gasteiger charge is 2.24. The molecule has 0 aliphatic heterocycles. The van der Waals surface area contributed by atoms with Crippen molar-refractivity contribution < 1.29 is 38.2 Å². The summed E-state index contributed by atoms with van der Waals surface area (Å²) in [5.41, 5.74) is 4.63. The summed E-state index contributed by atoms with van der Waals surface area (Å²) in [5.74, 6) is -1.82. The minimum atomic E-state index is -1.73. The van der Waals surface area contributed by atoms with Gasteiger partial charge in [-0.3, -0.25) is 10.2 Å². The van der Waals surface area contributed by atoms with Gasteiger partial charge in [0.25, 0.3) is 5.69 Å². The van der Waals surface area contributed by atoms with Crippen LogP contribution in [0, 0.1) is 4.91 Å². The summed E-state index contributed by atoms with van der Waals surface area (Å²) in [6, 6.07) is 12.2. The van der Waals surface area contributed by atoms with Crippen molar-refractivity contribution in [3.8, 4) is 11.1 Å². The number of ether oxygens (including phenoxy) is 3. The fourth-order valence-electron chi connectivity index (χ4n) is 3.17. The number of rotatable bonds is 11. The Morgan fingerprint density at radius 2 is 1.84 bits per heavy atom. The summed E-state index contributed by atoms with van der Waals surface area (Å²) in [6.45, 7) is 0.509. The summed E-state index contributed by atoms with van der Waals surface area (Å²) in [7, 11) is 0. The van der Waals surface area contributed by atoms with Crippen molar-refractivity contribution in [3.63, 3.8) is 0 Å². The van der Waals surface area contributed by atoms with E-state index in [1.165, 1.54) is 5.01 Å². The van der Waals surface area contributed by atoms with Crippen molar-refractivity contribution in [2.75, 3.05) is 19.9 Å². The van der Waals surface area contributed by atoms with Crippen LogP contribution in [0.5, 0.6) is 0 Å². The number of hydrogen-bond donors (Lipinski definition) is 4. The lowest BCUT2D eigenvalue weighted by atomic mass is 10.0. The highest BCUT2D eigenvalue weighted by molar-refractivity contribution is 6.35. The fraction of sp³-hybridized carbons (Fsp3) is 0.261. The monoisotopic (exact) mass is 568 g/mol. The molecule has 38 heavy (non-hydrogen) atoms. The topological polar surface area (TPSA) is 169 Å². The first kappa shape index (κ1) is 28.7. The average molecular weight is 569 g/mol. The van der Waals surface area contributed by atoms with Crippen molar-refractivity contribution in [2.45, 2.75) is 19.6 Å². The Balaban J connectivity index is 1.70. The largest absolute Gasteiger partial charge is 0.511 e. The Bertz CT molecular complexity index is 1330. The first-order valence-corrected chi connectivity index (χ1v) is 11.9. The van der Waals surface area contributed by atoms with E-state index in [1.54, 1.807) is 49.4 Å². The van der Waals surface area contributed by atoms with Gasteiger partial charge in [-0.1, -0.05) is 52.7 Å². The molecule has 1 heterocycles. The van der Waals surface area contributed by atoms with E-state index in [0.717, 1.165) is 17.3 Å². The SMILES string of the molecule is CCOC(=O)OCOC(=O)[C@H](O)CN(Cc1ccc(-c2cc(Cl)ccc2Cl)cc1)NC(=O)c1c[n+](=O)[nH][nH]1. The summed E-state index contributed by atoms with van der Waals surface area (Å²) >= 11 is 12.4. The molecule has 3 rings (SSSR count). The molecule has 13 nitrogen and oxygen atoms in total. The van der Waals surface area contributed by atoms with E-state index in [4.69, 9.17) is 27.9 Å². The third kappa shape index (κ3) is 8.31. The normalized spacial score (nSPS) is 11.6. The molecule has 3 aromatic rings. The standard InChI is InChI=1S/C23H23Cl2N5O8/c1-2-36-23(34)38-13-37-22(33)20(31)12-29(27-21(32)19-11-30(35)28-26-19)10-14-3-5-15(6-4-14)17-9-16(24)7-8-18(17)25/h3-9,11,20,31H,2,10,12-13H2,1H3,(H2-,26,27,28,32,35)/p+1/t20-/m1/s1. The molecule has 0 unspecified atom stereocenters. The van der Waals surface area contributed by atoms with E-state index in [2.05, 4.69) is 25.2 Å². The highest BCUT2D eigenvalue weighted by atomic mass is 35.5. The number of aromatic amines is 2. The second-order valence-electron chi connectivity index (χ2n) is 7.67. The van der Waals surface area contributed by atoms with Crippen molar-refractivity contribution in [3.05, 3.63) is 74.9 Å². The third-order valence-electron chi connectivity index (χ3n) is 4.92. The van der Waals surface area contributed by atoms with Gasteiger partial charge in [-0.05, 0) is 41.2 Å². The number of carbonyl (C=O) groups excluding carboxylic acids is 3. The van der Waals surface area contributed by atoms with Crippen LogP contribution in [0.25, 0.3) is 11.1 Å². The van der Waals surface area contributed by atoms with E-state index in [1.807, 2.05) is 0 Å². The molecule has 0 aliphatic carbocycles. The van der Waals surface area contributed by atoms with Crippen LogP contribution >= 0.6 is 23.2 Å². The molecule has 0 saturated carbocycles. The maximum absolute atomic E-state index is 12.6. The number of nitrogens with zero attached hydrogens (tertiary/aromatic N) is 2. The number of carbonyl (C=O) groups is 3. The molecule has 1 atom stereocenters. The minimum absolute atomic E-state index is 0.0424. The van der Waals surface area contributed by atoms with Crippen molar-refractivity contribution in [1.29, 1.82) is 0 Å². The quantitative estimate of drug-likeness (QED) is 0.117. The van der Waals surface area contributed by atoms with Gasteiger partial charge in [-0.2, -0.15) is 5.10 Å². The van der Waals surface area contributed by atoms with Crippen molar-refractivity contribution in [1.82, 2.24) is 20.7 Å². The van der Waals surface area contributed by atoms with Crippen LogP contribution in [-0.4, -0.2) is 64.5 Å². The summed E-state index contributed by atoms with van der Waals surface area (Å²) < 4.78 is 14.1. The van der Waals surface area contributed by atoms with Crippen LogP contribution in [-0.2, 0) is 25.5 Å². The van der Waals surface area contributed by atoms with E-state index in [9.17, 15) is 24.4 Å². The molecule has 2 aromatic carbocycles. The van der Waals surface area contributed by atoms with Crippen LogP contribution in [0.2, 0.25) is 10.0 Å². The Morgan fingerprint density at radius 1 is 1.11 bits per heavy atom. The Hall–Kier alpha value is -3.91. The number of aromatic nitrogens is 3. The molecule has 4 N–H and O–H groups in total. The Kier molecular flexibility index (Phi) is 10.2. The molecular weight excluding hydrogens is 545 g/mol. The lowest BCUT2D eigenvalue weighted by molar-refractivity contribution is -0.564. The average Bonchev–Trinajstić information content (AvgIpc) is 3.32. The second-order valence-corrected chi connectivity index (χ2v) is 8.52. The Morgan fingerprint density at radius 3 is 2.50 bits per heavy atom. The van der Waals surface area contributed by atoms with Gasteiger partial charge in [-0.15, -0.1) is 0 Å². The maximum Gasteiger partial charge on any atom is 0.511 e. The summed E-state index contributed by atoms with van der Waals surface area (Å²) in [5, 5.41) is 17.2. The first-order valence-electron chi connectivity index (χ1n) is 11.1. The number of nitrogens with one attached hydrogen (secondary N) is 3. The molecule has 0 saturated heterocycles. The molecule has 15 heteroatoms. The number of aliphatic hydroxyl groups excluding tert-OH is 1. The third-order valence-corrected chi connectivity index (χ3v) is 5.49. The number of amides is 1. The molecule has 0 bridgehead atoms. The number of H-pyrrole nitrogens is 2. The fourth-order valence-corrected chi connectivity index (χ4v) is 3.57. The van der Waals surface area contributed by atoms with Gasteiger partial charge in [0, 0.05) is 22.2 Å². The maximum atomic E-state index is 12.6. The number of hydrogen-bond acceptors (Lipinski definition) is 9. The number of esters is 1. The molecule has 1 aromatic heterocycles. The number of aliphatic hydroxyl groups is 1. The summed E-state index contributed by atoms with van der Waals surface area (Å²) in [4.78, 5) is 47.2. The van der Waals surface area contributed by atoms with Gasteiger partial charge in [0.15, 0.2) is 6.10 Å². The summed E-state index contributed by atoms with van der Waals surface area (Å²) in [6.07, 6.45) is -1.80. The van der Waals surface area contributed by atoms with Crippen LogP contribution in [0.15, 0.2) is 48.7 Å². The molecule has 0 aliphatic rings. The van der Waals surface area contributed by atoms with Gasteiger partial charge < -0.3 is 19.3 Å². The van der Waals surface area contributed by atoms with Gasteiger partial charge in [-0.25, -0.2) is 14.6 Å². The van der Waals surface area contributed by atoms with Crippen LogP contribution < -0.4 is 9.97 Å². The Labute approximate surface area is 225 Å². The van der Waals surface area contributed by atoms with Gasteiger partial charge in [0.05, 0.1) is 17.7 Å². The smallest absolute Gasteiger partial charge is 0.435 e. The van der Waals surface area contributed by atoms with Crippen LogP contribution in [0.3, 0.4) is 0 Å². The van der Waals surface area contributed by atoms with Gasteiger partial charge >= 0.3 is 18.0 Å². The van der Waals surface area contributed by atoms with E-state index < -0.39 is 37.5 Å². The predicted octanol–water partition coefficient (Wildman–Crippen LogP) is 2.41. The van der Waals surface area contributed by atoms with E-state index in [0.29, 0.717) is 15.6 Å². The zero-order valence-electron chi connectivity index (χ0n) is 20.0. The molecule has 1 amide bonds. The lowest BCUT2D eigenvalue weighted by Gasteiger charge is -2.24. The zero-order chi connectivity index (χ0) is 27.7. The zero-order valence-corrected chi connectivity index (χ0v) is 21.5. The van der Waals surface area contributed by atoms with Crippen molar-refractivity contribution in [2.24, 2.45) is 0 Å². The molecular formula is C23H24Cl2N5O8+. The molecule has 0 radical (unpaired) electrons. The van der Waals surface area contributed by atoms with E-state index in [-0.39, 0.29) is 23.4 Å². The number of hydrazine groups is 1. The van der Waals surface area contributed by atoms with Gasteiger partial charge in [0.2, 0.25) is 13.0 Å². The van der Waals surface area contributed by atoms with E-state index >= 15 is 0 Å². The minimum Gasteiger partial charge on any atom is -0.435 e. The predicted molar refractivity (Wildman–Crippen MR) is 133 cm³/mol. The molecule has 0 spiro atoms. The lowest BCUT2D eigenvalue weighted by Crippen LogP contribution is -2.47. The van der Waals surface area contributed by atoms with Crippen LogP contribution in [0.4, 0.5) is 4.79 Å². The van der Waals surface area contributed by atoms with Crippen LogP contribution in [0.1, 0.15) is 23.0 Å². The first-order chi connectivity index (χ1) is 18.2.